The van der Waals surface area contributed by atoms with Crippen LogP contribution in [0.1, 0.15) is 82.1 Å². The lowest BCUT2D eigenvalue weighted by molar-refractivity contribution is -0.115. The molecule has 0 amide bonds. The van der Waals surface area contributed by atoms with E-state index in [1.807, 2.05) is 140 Å². The van der Waals surface area contributed by atoms with Gasteiger partial charge >= 0.3 is 0 Å². The van der Waals surface area contributed by atoms with E-state index in [0.29, 0.717) is 12.8 Å². The van der Waals surface area contributed by atoms with Crippen LogP contribution in [0.3, 0.4) is 0 Å². The topological polar surface area (TPSA) is 34.1 Å². The van der Waals surface area contributed by atoms with Crippen LogP contribution < -0.4 is 0 Å². The fourth-order valence-corrected chi connectivity index (χ4v) is 3.13. The maximum atomic E-state index is 12.1. The largest absolute Gasteiger partial charge is 0.294 e. The zero-order valence-corrected chi connectivity index (χ0v) is 27.6. The lowest BCUT2D eigenvalue weighted by Gasteiger charge is -1.96. The van der Waals surface area contributed by atoms with Crippen molar-refractivity contribution in [2.75, 3.05) is 0 Å². The normalized spacial score (nSPS) is 14.7. The predicted octanol–water partition coefficient (Wildman–Crippen LogP) is 11.3. The van der Waals surface area contributed by atoms with Crippen molar-refractivity contribution in [1.82, 2.24) is 0 Å². The molecule has 0 aromatic heterocycles. The van der Waals surface area contributed by atoms with Gasteiger partial charge in [0.1, 0.15) is 0 Å². The van der Waals surface area contributed by atoms with E-state index in [2.05, 4.69) is 38.2 Å². The summed E-state index contributed by atoms with van der Waals surface area (Å²) in [6, 6.07) is 0. The van der Waals surface area contributed by atoms with Crippen LogP contribution in [0, 0.1) is 0 Å². The number of carbonyl (C=O) groups excluding carboxylic acids is 2. The standard InChI is InChI=1S/C40H52O2/c1-31(2)27-29-39(41)37(9)25-15-23-35(7)21-13-19-33(5)17-11-12-18-34(6)20-14-22-36(8)24-16-26-38(10)40(42)30-28-32(3)4/h11-28H,29-30H2,1-10H3/b12-11+,19-13+,20-14+,23-15+,24-16+,33-17+,34-18+,35-21+,36-22+,37-25+,38-26+. The molecule has 0 aliphatic carbocycles. The minimum absolute atomic E-state index is 0.151. The van der Waals surface area contributed by atoms with Gasteiger partial charge in [0.25, 0.3) is 0 Å². The Bertz CT molecular complexity index is 1200. The Morgan fingerprint density at radius 3 is 0.929 bits per heavy atom. The molecule has 0 radical (unpaired) electrons. The molecule has 2 nitrogen and oxygen atoms in total. The van der Waals surface area contributed by atoms with Crippen molar-refractivity contribution in [1.29, 1.82) is 0 Å². The highest BCUT2D eigenvalue weighted by Crippen LogP contribution is 2.07. The van der Waals surface area contributed by atoms with E-state index in [4.69, 9.17) is 0 Å². The van der Waals surface area contributed by atoms with Crippen LogP contribution in [0.25, 0.3) is 0 Å². The molecule has 224 valence electrons. The van der Waals surface area contributed by atoms with Gasteiger partial charge in [-0.2, -0.15) is 0 Å². The van der Waals surface area contributed by atoms with Crippen molar-refractivity contribution in [3.63, 3.8) is 0 Å². The van der Waals surface area contributed by atoms with Gasteiger partial charge in [-0.15, -0.1) is 0 Å². The Morgan fingerprint density at radius 2 is 0.643 bits per heavy atom. The average Bonchev–Trinajstić information content (AvgIpc) is 2.92. The van der Waals surface area contributed by atoms with Crippen LogP contribution >= 0.6 is 0 Å². The molecule has 0 aromatic carbocycles. The minimum Gasteiger partial charge on any atom is -0.294 e. The second-order valence-corrected chi connectivity index (χ2v) is 11.0. The Morgan fingerprint density at radius 1 is 0.381 bits per heavy atom. The van der Waals surface area contributed by atoms with Crippen molar-refractivity contribution < 1.29 is 9.59 Å². The van der Waals surface area contributed by atoms with E-state index in [-0.39, 0.29) is 11.6 Å². The summed E-state index contributed by atoms with van der Waals surface area (Å²) in [6.07, 6.45) is 36.9. The first-order valence-electron chi connectivity index (χ1n) is 14.6. The van der Waals surface area contributed by atoms with E-state index in [1.165, 1.54) is 0 Å². The number of hydrogen-bond acceptors (Lipinski definition) is 2. The summed E-state index contributed by atoms with van der Waals surface area (Å²) in [4.78, 5) is 24.1. The first-order chi connectivity index (χ1) is 19.8. The molecule has 2 heteroatoms. The highest BCUT2D eigenvalue weighted by atomic mass is 16.1. The van der Waals surface area contributed by atoms with Crippen molar-refractivity contribution in [3.05, 3.63) is 154 Å². The molecule has 0 unspecified atom stereocenters. The maximum absolute atomic E-state index is 12.1. The van der Waals surface area contributed by atoms with Gasteiger partial charge in [-0.1, -0.05) is 143 Å². The maximum Gasteiger partial charge on any atom is 0.162 e. The third-order valence-corrected chi connectivity index (χ3v) is 5.95. The second kappa shape index (κ2) is 22.6. The molecule has 0 atom stereocenters. The number of Topliss-reactive ketones (excluding diaryl/α,β-unsaturated/α-hetero) is 2. The summed E-state index contributed by atoms with van der Waals surface area (Å²) < 4.78 is 0. The number of ketones is 2. The van der Waals surface area contributed by atoms with Crippen LogP contribution in [-0.4, -0.2) is 11.6 Å². The van der Waals surface area contributed by atoms with Crippen LogP contribution in [0.15, 0.2) is 154 Å². The van der Waals surface area contributed by atoms with Gasteiger partial charge in [0.15, 0.2) is 11.6 Å². The van der Waals surface area contributed by atoms with Gasteiger partial charge in [-0.3, -0.25) is 9.59 Å². The number of carbonyl (C=O) groups is 2. The predicted molar refractivity (Wildman–Crippen MR) is 186 cm³/mol. The molecule has 0 aliphatic heterocycles. The monoisotopic (exact) mass is 564 g/mol. The van der Waals surface area contributed by atoms with Gasteiger partial charge in [0.2, 0.25) is 0 Å². The molecule has 0 bridgehead atoms. The molecule has 0 rings (SSSR count). The number of hydrogen-bond donors (Lipinski definition) is 0. The van der Waals surface area contributed by atoms with Gasteiger partial charge in [0.05, 0.1) is 0 Å². The molecule has 0 saturated carbocycles. The highest BCUT2D eigenvalue weighted by Gasteiger charge is 2.01. The van der Waals surface area contributed by atoms with E-state index in [1.54, 1.807) is 0 Å². The average molecular weight is 565 g/mol. The van der Waals surface area contributed by atoms with E-state index in [9.17, 15) is 9.59 Å². The summed E-state index contributed by atoms with van der Waals surface area (Å²) in [5, 5.41) is 0. The molecular formula is C40H52O2. The first-order valence-corrected chi connectivity index (χ1v) is 14.6. The minimum atomic E-state index is 0.151. The third kappa shape index (κ3) is 21.7. The highest BCUT2D eigenvalue weighted by molar-refractivity contribution is 5.96. The molecule has 0 heterocycles. The van der Waals surface area contributed by atoms with E-state index >= 15 is 0 Å². The summed E-state index contributed by atoms with van der Waals surface area (Å²) in [6.45, 7) is 19.9. The smallest absolute Gasteiger partial charge is 0.162 e. The fraction of sp³-hybridized carbons (Fsp3) is 0.300. The van der Waals surface area contributed by atoms with Crippen molar-refractivity contribution in [3.8, 4) is 0 Å². The molecule has 0 N–H and O–H groups in total. The van der Waals surface area contributed by atoms with Gasteiger partial charge in [-0.05, 0) is 80.4 Å². The van der Waals surface area contributed by atoms with Crippen LogP contribution in [0.2, 0.25) is 0 Å². The van der Waals surface area contributed by atoms with Crippen LogP contribution in [0.5, 0.6) is 0 Å². The molecule has 0 aromatic rings. The molecule has 0 spiro atoms. The molecular weight excluding hydrogens is 512 g/mol. The lowest BCUT2D eigenvalue weighted by Crippen LogP contribution is -1.97. The zero-order chi connectivity index (χ0) is 31.9. The zero-order valence-electron chi connectivity index (χ0n) is 27.6. The Kier molecular flexibility index (Phi) is 20.4. The van der Waals surface area contributed by atoms with Crippen LogP contribution in [-0.2, 0) is 9.59 Å². The van der Waals surface area contributed by atoms with Crippen molar-refractivity contribution in [2.45, 2.75) is 82.1 Å². The number of allylic oxidation sites excluding steroid dienone is 26. The van der Waals surface area contributed by atoms with E-state index in [0.717, 1.165) is 44.6 Å². The molecule has 0 fully saturated rings. The first kappa shape index (κ1) is 38.0. The van der Waals surface area contributed by atoms with E-state index < -0.39 is 0 Å². The second-order valence-electron chi connectivity index (χ2n) is 11.0. The molecule has 0 saturated heterocycles. The summed E-state index contributed by atoms with van der Waals surface area (Å²) in [5.41, 5.74) is 8.36. The fourth-order valence-electron chi connectivity index (χ4n) is 3.13. The number of rotatable bonds is 16. The Hall–Kier alpha value is -4.04. The Balaban J connectivity index is 4.86. The van der Waals surface area contributed by atoms with Crippen LogP contribution in [0.4, 0.5) is 0 Å². The molecule has 42 heavy (non-hydrogen) atoms. The summed E-state index contributed by atoms with van der Waals surface area (Å²) in [5.74, 6) is 0.301. The summed E-state index contributed by atoms with van der Waals surface area (Å²) >= 11 is 0. The van der Waals surface area contributed by atoms with Gasteiger partial charge < -0.3 is 0 Å². The van der Waals surface area contributed by atoms with Gasteiger partial charge in [0, 0.05) is 12.8 Å². The summed E-state index contributed by atoms with van der Waals surface area (Å²) in [7, 11) is 0. The Labute approximate surface area is 256 Å². The quantitative estimate of drug-likeness (QED) is 0.106. The SMILES string of the molecule is CC(C)=CCC(=O)/C(C)=C/C=C/C(C)=C/C=C/C(C)=C/C=C/C=C(C)/C=C/C=C(C)/C=C/C=C(\C)C(=O)CC=C(C)C. The molecule has 0 aliphatic rings. The lowest BCUT2D eigenvalue weighted by atomic mass is 10.1. The third-order valence-electron chi connectivity index (χ3n) is 5.95. The van der Waals surface area contributed by atoms with Crippen molar-refractivity contribution in [2.24, 2.45) is 0 Å². The van der Waals surface area contributed by atoms with Crippen molar-refractivity contribution >= 4 is 11.6 Å². The van der Waals surface area contributed by atoms with Gasteiger partial charge in [-0.25, -0.2) is 0 Å².